The molecule has 2 aliphatic heterocycles. The van der Waals surface area contributed by atoms with Crippen molar-refractivity contribution in [2.24, 2.45) is 0 Å². The molecule has 2 aromatic carbocycles. The lowest BCUT2D eigenvalue weighted by Crippen LogP contribution is -2.58. The molecule has 1 aromatic heterocycles. The average Bonchev–Trinajstić information content (AvgIpc) is 2.89. The van der Waals surface area contributed by atoms with Gasteiger partial charge in [0.2, 0.25) is 5.91 Å². The maximum Gasteiger partial charge on any atom is 0.219 e. The van der Waals surface area contributed by atoms with E-state index in [0.29, 0.717) is 12.5 Å². The van der Waals surface area contributed by atoms with Crippen LogP contribution in [0, 0.1) is 20.8 Å². The van der Waals surface area contributed by atoms with E-state index >= 15 is 0 Å². The molecular weight excluding hydrogens is 482 g/mol. The van der Waals surface area contributed by atoms with Gasteiger partial charge in [-0.3, -0.25) is 4.79 Å². The fourth-order valence-electron chi connectivity index (χ4n) is 6.31. The number of amides is 1. The highest BCUT2D eigenvalue weighted by Gasteiger charge is 2.35. The zero-order valence-electron chi connectivity index (χ0n) is 24.9. The van der Waals surface area contributed by atoms with Gasteiger partial charge in [0.05, 0.1) is 5.69 Å². The minimum absolute atomic E-state index is 0.123. The third-order valence-corrected chi connectivity index (χ3v) is 8.65. The van der Waals surface area contributed by atoms with Crippen LogP contribution in [0.15, 0.2) is 36.4 Å². The topological polar surface area (TPSA) is 52.6 Å². The van der Waals surface area contributed by atoms with Crippen molar-refractivity contribution in [1.29, 1.82) is 0 Å². The van der Waals surface area contributed by atoms with Gasteiger partial charge < -0.3 is 14.7 Å². The Morgan fingerprint density at radius 3 is 2.33 bits per heavy atom. The molecule has 0 aliphatic carbocycles. The van der Waals surface area contributed by atoms with E-state index in [-0.39, 0.29) is 18.0 Å². The highest BCUT2D eigenvalue weighted by atomic mass is 16.2. The molecule has 0 spiro atoms. The summed E-state index contributed by atoms with van der Waals surface area (Å²) >= 11 is 0. The van der Waals surface area contributed by atoms with Crippen LogP contribution in [0.1, 0.15) is 74.0 Å². The van der Waals surface area contributed by atoms with Crippen LogP contribution in [-0.4, -0.2) is 52.5 Å². The second kappa shape index (κ2) is 10.6. The number of carbonyl (C=O) groups excluding carboxylic acids is 1. The zero-order chi connectivity index (χ0) is 28.0. The predicted octanol–water partition coefficient (Wildman–Crippen LogP) is 6.20. The van der Waals surface area contributed by atoms with Gasteiger partial charge in [0, 0.05) is 68.4 Å². The van der Waals surface area contributed by atoms with E-state index in [1.807, 2.05) is 4.90 Å². The van der Waals surface area contributed by atoms with E-state index in [4.69, 9.17) is 9.97 Å². The molecule has 0 N–H and O–H groups in total. The molecule has 39 heavy (non-hydrogen) atoms. The molecular formula is C33H43N5O. The molecule has 0 radical (unpaired) electrons. The molecule has 0 bridgehead atoms. The van der Waals surface area contributed by atoms with Crippen molar-refractivity contribution in [2.45, 2.75) is 86.4 Å². The summed E-state index contributed by atoms with van der Waals surface area (Å²) in [7, 11) is 0. The van der Waals surface area contributed by atoms with Gasteiger partial charge in [-0.05, 0) is 68.9 Å². The van der Waals surface area contributed by atoms with Crippen molar-refractivity contribution < 1.29 is 4.79 Å². The quantitative estimate of drug-likeness (QED) is 0.406. The van der Waals surface area contributed by atoms with Crippen LogP contribution in [-0.2, 0) is 17.8 Å². The molecule has 2 aliphatic rings. The summed E-state index contributed by atoms with van der Waals surface area (Å²) in [6.07, 6.45) is 0.880. The number of carbonyl (C=O) groups is 1. The molecule has 2 unspecified atom stereocenters. The van der Waals surface area contributed by atoms with E-state index in [0.717, 1.165) is 49.0 Å². The van der Waals surface area contributed by atoms with Crippen molar-refractivity contribution >= 4 is 17.4 Å². The molecule has 1 saturated heterocycles. The van der Waals surface area contributed by atoms with Crippen LogP contribution in [0.4, 0.5) is 11.5 Å². The lowest BCUT2D eigenvalue weighted by atomic mass is 9.97. The van der Waals surface area contributed by atoms with E-state index in [1.165, 1.54) is 33.5 Å². The fraction of sp³-hybridized carbons (Fsp3) is 0.485. The highest BCUT2D eigenvalue weighted by molar-refractivity contribution is 5.74. The van der Waals surface area contributed by atoms with Crippen molar-refractivity contribution in [1.82, 2.24) is 14.9 Å². The molecule has 0 saturated carbocycles. The minimum Gasteiger partial charge on any atom is -0.366 e. The van der Waals surface area contributed by atoms with Gasteiger partial charge in [0.15, 0.2) is 5.82 Å². The van der Waals surface area contributed by atoms with Gasteiger partial charge in [0.25, 0.3) is 0 Å². The van der Waals surface area contributed by atoms with Crippen molar-refractivity contribution in [3.63, 3.8) is 0 Å². The summed E-state index contributed by atoms with van der Waals surface area (Å²) in [5.41, 5.74) is 9.87. The van der Waals surface area contributed by atoms with Crippen LogP contribution in [0.5, 0.6) is 0 Å². The number of rotatable bonds is 4. The van der Waals surface area contributed by atoms with Gasteiger partial charge >= 0.3 is 0 Å². The Morgan fingerprint density at radius 2 is 1.67 bits per heavy atom. The normalized spacial score (nSPS) is 19.5. The lowest BCUT2D eigenvalue weighted by molar-refractivity contribution is -0.131. The standard InChI is InChI=1S/C33H43N5O/c1-20(2)27-13-12-21(3)30(16-27)36-15-14-29-28(19-36)33(38-18-24(6)37(26(8)39)17-25(38)7)35-32(34-29)31-22(4)10-9-11-23(31)5/h9-13,16,20,24-25H,14-15,17-19H2,1-8H3. The Labute approximate surface area is 234 Å². The molecule has 5 rings (SSSR count). The smallest absolute Gasteiger partial charge is 0.219 e. The second-order valence-corrected chi connectivity index (χ2v) is 12.0. The fourth-order valence-corrected chi connectivity index (χ4v) is 6.31. The van der Waals surface area contributed by atoms with E-state index in [1.54, 1.807) is 6.92 Å². The summed E-state index contributed by atoms with van der Waals surface area (Å²) in [6, 6.07) is 13.6. The predicted molar refractivity (Wildman–Crippen MR) is 161 cm³/mol. The molecule has 6 nitrogen and oxygen atoms in total. The molecule has 1 fully saturated rings. The number of aromatic nitrogens is 2. The largest absolute Gasteiger partial charge is 0.366 e. The number of benzene rings is 2. The Balaban J connectivity index is 1.62. The number of fused-ring (bicyclic) bond motifs is 1. The number of nitrogens with zero attached hydrogens (tertiary/aromatic N) is 5. The van der Waals surface area contributed by atoms with Gasteiger partial charge in [0.1, 0.15) is 5.82 Å². The zero-order valence-corrected chi connectivity index (χ0v) is 24.9. The maximum absolute atomic E-state index is 12.3. The monoisotopic (exact) mass is 525 g/mol. The van der Waals surface area contributed by atoms with Gasteiger partial charge in [-0.15, -0.1) is 0 Å². The highest BCUT2D eigenvalue weighted by Crippen LogP contribution is 2.36. The van der Waals surface area contributed by atoms with Crippen LogP contribution < -0.4 is 9.80 Å². The number of hydrogen-bond acceptors (Lipinski definition) is 5. The van der Waals surface area contributed by atoms with Crippen LogP contribution in [0.2, 0.25) is 0 Å². The minimum atomic E-state index is 0.123. The summed E-state index contributed by atoms with van der Waals surface area (Å²) in [5.74, 6) is 2.48. The van der Waals surface area contributed by atoms with Crippen molar-refractivity contribution in [2.75, 3.05) is 29.4 Å². The van der Waals surface area contributed by atoms with Crippen LogP contribution in [0.25, 0.3) is 11.4 Å². The van der Waals surface area contributed by atoms with Gasteiger partial charge in [-0.25, -0.2) is 9.97 Å². The average molecular weight is 526 g/mol. The van der Waals surface area contributed by atoms with E-state index in [9.17, 15) is 4.79 Å². The summed E-state index contributed by atoms with van der Waals surface area (Å²) < 4.78 is 0. The first-order valence-corrected chi connectivity index (χ1v) is 14.4. The van der Waals surface area contributed by atoms with Gasteiger partial charge in [-0.2, -0.15) is 0 Å². The third-order valence-electron chi connectivity index (χ3n) is 8.65. The number of aryl methyl sites for hydroxylation is 3. The summed E-state index contributed by atoms with van der Waals surface area (Å²) in [6.45, 7) is 20.2. The first-order valence-electron chi connectivity index (χ1n) is 14.4. The van der Waals surface area contributed by atoms with Gasteiger partial charge in [-0.1, -0.05) is 44.2 Å². The van der Waals surface area contributed by atoms with Crippen molar-refractivity contribution in [3.05, 3.63) is 69.9 Å². The Morgan fingerprint density at radius 1 is 0.949 bits per heavy atom. The summed E-state index contributed by atoms with van der Waals surface area (Å²) in [4.78, 5) is 29.8. The maximum atomic E-state index is 12.3. The number of anilines is 2. The number of hydrogen-bond donors (Lipinski definition) is 0. The van der Waals surface area contributed by atoms with E-state index < -0.39 is 0 Å². The Kier molecular flexibility index (Phi) is 7.41. The molecule has 2 atom stereocenters. The Hall–Kier alpha value is -3.41. The van der Waals surface area contributed by atoms with Crippen LogP contribution in [0.3, 0.4) is 0 Å². The summed E-state index contributed by atoms with van der Waals surface area (Å²) in [5, 5.41) is 0. The molecule has 1 amide bonds. The van der Waals surface area contributed by atoms with Crippen molar-refractivity contribution in [3.8, 4) is 11.4 Å². The molecule has 3 heterocycles. The second-order valence-electron chi connectivity index (χ2n) is 12.0. The molecule has 3 aromatic rings. The molecule has 206 valence electrons. The Bertz CT molecular complexity index is 1380. The first kappa shape index (κ1) is 27.2. The first-order chi connectivity index (χ1) is 18.5. The van der Waals surface area contributed by atoms with E-state index in [2.05, 4.69) is 94.7 Å². The lowest BCUT2D eigenvalue weighted by Gasteiger charge is -2.45. The van der Waals surface area contributed by atoms with Crippen LogP contribution >= 0.6 is 0 Å². The SMILES string of the molecule is CC(=O)N1CC(C)N(c2nc(-c3c(C)cccc3C)nc3c2CN(c2cc(C(C)C)ccc2C)CC3)CC1C. The number of piperazine rings is 1. The third kappa shape index (κ3) is 5.13. The molecule has 6 heteroatoms.